The molecule has 2 saturated heterocycles. The van der Waals surface area contributed by atoms with Gasteiger partial charge in [-0.25, -0.2) is 0 Å². The fourth-order valence-electron chi connectivity index (χ4n) is 4.49. The Balaban J connectivity index is 1.27. The zero-order valence-electron chi connectivity index (χ0n) is 14.5. The Morgan fingerprint density at radius 1 is 1.17 bits per heavy atom. The Morgan fingerprint density at radius 2 is 2.04 bits per heavy atom. The molecule has 0 radical (unpaired) electrons. The summed E-state index contributed by atoms with van der Waals surface area (Å²) in [5.74, 6) is 0.996. The van der Waals surface area contributed by atoms with Crippen LogP contribution in [0.4, 0.5) is 0 Å². The molecule has 130 valence electrons. The molecule has 0 aliphatic carbocycles. The van der Waals surface area contributed by atoms with E-state index in [-0.39, 0.29) is 0 Å². The van der Waals surface area contributed by atoms with E-state index in [4.69, 9.17) is 4.74 Å². The quantitative estimate of drug-likeness (QED) is 0.854. The lowest BCUT2D eigenvalue weighted by molar-refractivity contribution is -0.132. The largest absolute Gasteiger partial charge is 0.378 e. The standard InChI is InChI=1S/C20H28N2O2/c23-20(22-12-7-16-4-1-2-5-17(16)15-22)9-11-21-10-8-19-18(14-21)6-3-13-24-19/h1-2,4-5,18-19H,3,6-15H2/t18-,19-/m1/s1. The van der Waals surface area contributed by atoms with Gasteiger partial charge in [-0.1, -0.05) is 24.3 Å². The molecule has 1 amide bonds. The number of amides is 1. The van der Waals surface area contributed by atoms with E-state index in [0.717, 1.165) is 52.2 Å². The summed E-state index contributed by atoms with van der Waals surface area (Å²) in [6, 6.07) is 8.51. The molecule has 0 N–H and O–H groups in total. The number of likely N-dealkylation sites (tertiary alicyclic amines) is 1. The number of fused-ring (bicyclic) bond motifs is 2. The number of rotatable bonds is 3. The summed E-state index contributed by atoms with van der Waals surface area (Å²) in [4.78, 5) is 17.1. The van der Waals surface area contributed by atoms with Crippen molar-refractivity contribution in [3.05, 3.63) is 35.4 Å². The highest BCUT2D eigenvalue weighted by molar-refractivity contribution is 5.76. The fraction of sp³-hybridized carbons (Fsp3) is 0.650. The smallest absolute Gasteiger partial charge is 0.224 e. The molecule has 1 aromatic carbocycles. The first-order chi connectivity index (χ1) is 11.8. The van der Waals surface area contributed by atoms with E-state index < -0.39 is 0 Å². The summed E-state index contributed by atoms with van der Waals surface area (Å²) in [5.41, 5.74) is 2.72. The van der Waals surface area contributed by atoms with Crippen LogP contribution in [-0.2, 0) is 22.5 Å². The van der Waals surface area contributed by atoms with Crippen molar-refractivity contribution >= 4 is 5.91 Å². The van der Waals surface area contributed by atoms with Crippen LogP contribution in [0.2, 0.25) is 0 Å². The van der Waals surface area contributed by atoms with Gasteiger partial charge in [-0.3, -0.25) is 4.79 Å². The Morgan fingerprint density at radius 3 is 2.96 bits per heavy atom. The van der Waals surface area contributed by atoms with Crippen molar-refractivity contribution in [3.63, 3.8) is 0 Å². The number of carbonyl (C=O) groups excluding carboxylic acids is 1. The van der Waals surface area contributed by atoms with E-state index in [0.29, 0.717) is 24.3 Å². The molecule has 4 rings (SSSR count). The maximum Gasteiger partial charge on any atom is 0.224 e. The topological polar surface area (TPSA) is 32.8 Å². The van der Waals surface area contributed by atoms with Crippen LogP contribution in [0.25, 0.3) is 0 Å². The van der Waals surface area contributed by atoms with Gasteiger partial charge < -0.3 is 14.5 Å². The number of hydrogen-bond acceptors (Lipinski definition) is 3. The highest BCUT2D eigenvalue weighted by Gasteiger charge is 2.32. The minimum atomic E-state index is 0.312. The minimum absolute atomic E-state index is 0.312. The Kier molecular flexibility index (Phi) is 4.86. The number of ether oxygens (including phenoxy) is 1. The Labute approximate surface area is 144 Å². The molecule has 1 aromatic rings. The molecule has 2 fully saturated rings. The molecule has 0 spiro atoms. The average molecular weight is 328 g/mol. The van der Waals surface area contributed by atoms with Gasteiger partial charge in [-0.2, -0.15) is 0 Å². The summed E-state index contributed by atoms with van der Waals surface area (Å²) in [5, 5.41) is 0. The van der Waals surface area contributed by atoms with Crippen molar-refractivity contribution in [2.45, 2.75) is 44.8 Å². The van der Waals surface area contributed by atoms with Crippen molar-refractivity contribution in [1.82, 2.24) is 9.80 Å². The molecule has 3 heterocycles. The predicted octanol–water partition coefficient (Wildman–Crippen LogP) is 2.46. The minimum Gasteiger partial charge on any atom is -0.378 e. The second-order valence-electron chi connectivity index (χ2n) is 7.48. The van der Waals surface area contributed by atoms with Crippen LogP contribution in [0.1, 0.15) is 36.8 Å². The van der Waals surface area contributed by atoms with Crippen molar-refractivity contribution in [2.24, 2.45) is 5.92 Å². The van der Waals surface area contributed by atoms with Crippen LogP contribution in [0.3, 0.4) is 0 Å². The lowest BCUT2D eigenvalue weighted by Crippen LogP contribution is -2.47. The lowest BCUT2D eigenvalue weighted by Gasteiger charge is -2.41. The SMILES string of the molecule is O=C(CCN1CC[C@H]2OCCC[C@@H]2C1)N1CCc2ccccc2C1. The van der Waals surface area contributed by atoms with Gasteiger partial charge in [0.15, 0.2) is 0 Å². The van der Waals surface area contributed by atoms with E-state index in [9.17, 15) is 4.79 Å². The molecule has 2 atom stereocenters. The summed E-state index contributed by atoms with van der Waals surface area (Å²) >= 11 is 0. The number of nitrogens with zero attached hydrogens (tertiary/aromatic N) is 2. The van der Waals surface area contributed by atoms with Crippen molar-refractivity contribution in [3.8, 4) is 0 Å². The molecule has 3 aliphatic rings. The highest BCUT2D eigenvalue weighted by Crippen LogP contribution is 2.28. The predicted molar refractivity (Wildman–Crippen MR) is 93.7 cm³/mol. The fourth-order valence-corrected chi connectivity index (χ4v) is 4.49. The lowest BCUT2D eigenvalue weighted by atomic mass is 9.88. The second kappa shape index (κ2) is 7.24. The number of carbonyl (C=O) groups is 1. The summed E-state index contributed by atoms with van der Waals surface area (Å²) in [6.07, 6.45) is 5.74. The van der Waals surface area contributed by atoms with E-state index >= 15 is 0 Å². The van der Waals surface area contributed by atoms with Gasteiger partial charge in [-0.15, -0.1) is 0 Å². The molecule has 0 saturated carbocycles. The molecule has 0 bridgehead atoms. The van der Waals surface area contributed by atoms with Crippen LogP contribution >= 0.6 is 0 Å². The van der Waals surface area contributed by atoms with Crippen LogP contribution in [0.15, 0.2) is 24.3 Å². The maximum absolute atomic E-state index is 12.6. The molecule has 0 unspecified atom stereocenters. The first kappa shape index (κ1) is 16.1. The third-order valence-corrected chi connectivity index (χ3v) is 5.92. The van der Waals surface area contributed by atoms with Crippen LogP contribution in [0.5, 0.6) is 0 Å². The zero-order valence-corrected chi connectivity index (χ0v) is 14.5. The van der Waals surface area contributed by atoms with E-state index in [1.165, 1.54) is 24.0 Å². The molecule has 24 heavy (non-hydrogen) atoms. The molecule has 3 aliphatic heterocycles. The van der Waals surface area contributed by atoms with Crippen molar-refractivity contribution < 1.29 is 9.53 Å². The third kappa shape index (κ3) is 3.50. The summed E-state index contributed by atoms with van der Waals surface area (Å²) in [7, 11) is 0. The van der Waals surface area contributed by atoms with Gasteiger partial charge in [0.25, 0.3) is 0 Å². The first-order valence-corrected chi connectivity index (χ1v) is 9.48. The van der Waals surface area contributed by atoms with Crippen LogP contribution in [0, 0.1) is 5.92 Å². The Hall–Kier alpha value is -1.39. The van der Waals surface area contributed by atoms with Gasteiger partial charge in [0.05, 0.1) is 6.10 Å². The van der Waals surface area contributed by atoms with Crippen LogP contribution in [-0.4, -0.2) is 54.6 Å². The summed E-state index contributed by atoms with van der Waals surface area (Å²) < 4.78 is 5.88. The van der Waals surface area contributed by atoms with Crippen molar-refractivity contribution in [1.29, 1.82) is 0 Å². The normalized spacial score (nSPS) is 27.4. The van der Waals surface area contributed by atoms with E-state index in [1.807, 2.05) is 4.90 Å². The third-order valence-electron chi connectivity index (χ3n) is 5.92. The molecular weight excluding hydrogens is 300 g/mol. The second-order valence-corrected chi connectivity index (χ2v) is 7.48. The molecule has 0 aromatic heterocycles. The number of hydrogen-bond donors (Lipinski definition) is 0. The number of piperidine rings is 1. The van der Waals surface area contributed by atoms with Crippen LogP contribution < -0.4 is 0 Å². The average Bonchev–Trinajstić information content (AvgIpc) is 2.65. The van der Waals surface area contributed by atoms with E-state index in [1.54, 1.807) is 0 Å². The van der Waals surface area contributed by atoms with E-state index in [2.05, 4.69) is 29.2 Å². The molecule has 4 heteroatoms. The number of benzene rings is 1. The first-order valence-electron chi connectivity index (χ1n) is 9.48. The summed E-state index contributed by atoms with van der Waals surface area (Å²) in [6.45, 7) is 5.69. The Bertz CT molecular complexity index is 589. The van der Waals surface area contributed by atoms with Crippen molar-refractivity contribution in [2.75, 3.05) is 32.8 Å². The van der Waals surface area contributed by atoms with Gasteiger partial charge in [0.2, 0.25) is 5.91 Å². The highest BCUT2D eigenvalue weighted by atomic mass is 16.5. The zero-order chi connectivity index (χ0) is 16.4. The molecule has 4 nitrogen and oxygen atoms in total. The molecular formula is C20H28N2O2. The monoisotopic (exact) mass is 328 g/mol. The van der Waals surface area contributed by atoms with Gasteiger partial charge in [-0.05, 0) is 42.7 Å². The van der Waals surface area contributed by atoms with Gasteiger partial charge >= 0.3 is 0 Å². The van der Waals surface area contributed by atoms with Gasteiger partial charge in [0, 0.05) is 45.8 Å². The van der Waals surface area contributed by atoms with Gasteiger partial charge in [0.1, 0.15) is 0 Å². The maximum atomic E-state index is 12.6.